The number of nitrogens with one attached hydrogen (secondary N) is 1. The summed E-state index contributed by atoms with van der Waals surface area (Å²) in [6.07, 6.45) is 0. The van der Waals surface area contributed by atoms with Gasteiger partial charge in [0.25, 0.3) is 0 Å². The van der Waals surface area contributed by atoms with Crippen LogP contribution in [0.1, 0.15) is 11.5 Å². The third-order valence-electron chi connectivity index (χ3n) is 2.24. The Bertz CT molecular complexity index is 295. The van der Waals surface area contributed by atoms with Gasteiger partial charge < -0.3 is 11.1 Å². The van der Waals surface area contributed by atoms with Crippen molar-refractivity contribution in [3.8, 4) is 0 Å². The van der Waals surface area contributed by atoms with Crippen molar-refractivity contribution in [1.82, 2.24) is 5.32 Å². The quantitative estimate of drug-likeness (QED) is 0.613. The van der Waals surface area contributed by atoms with Crippen LogP contribution in [0.4, 0.5) is 10.1 Å². The van der Waals surface area contributed by atoms with Gasteiger partial charge in [-0.25, -0.2) is 4.39 Å². The molecule has 64 valence electrons. The lowest BCUT2D eigenvalue weighted by molar-refractivity contribution is 0.431. The fourth-order valence-electron chi connectivity index (χ4n) is 1.38. The summed E-state index contributed by atoms with van der Waals surface area (Å²) in [7, 11) is 0. The summed E-state index contributed by atoms with van der Waals surface area (Å²) >= 11 is 0. The second-order valence-electron chi connectivity index (χ2n) is 3.14. The molecule has 1 aliphatic rings. The topological polar surface area (TPSA) is 38.0 Å². The zero-order valence-electron chi connectivity index (χ0n) is 6.68. The lowest BCUT2D eigenvalue weighted by atomic mass is 9.93. The predicted octanol–water partition coefficient (Wildman–Crippen LogP) is 1.09. The van der Waals surface area contributed by atoms with Crippen molar-refractivity contribution >= 4 is 5.69 Å². The zero-order valence-corrected chi connectivity index (χ0v) is 6.68. The molecule has 2 rings (SSSR count). The van der Waals surface area contributed by atoms with Crippen LogP contribution in [0.2, 0.25) is 0 Å². The highest BCUT2D eigenvalue weighted by atomic mass is 19.1. The van der Waals surface area contributed by atoms with Gasteiger partial charge in [0.1, 0.15) is 5.82 Å². The Morgan fingerprint density at radius 2 is 2.17 bits per heavy atom. The summed E-state index contributed by atoms with van der Waals surface area (Å²) in [4.78, 5) is 0. The first kappa shape index (κ1) is 7.55. The molecule has 0 radical (unpaired) electrons. The molecule has 0 saturated carbocycles. The third-order valence-corrected chi connectivity index (χ3v) is 2.24. The van der Waals surface area contributed by atoms with E-state index < -0.39 is 0 Å². The van der Waals surface area contributed by atoms with E-state index in [2.05, 4.69) is 5.32 Å². The Balaban J connectivity index is 2.34. The Morgan fingerprint density at radius 3 is 2.75 bits per heavy atom. The van der Waals surface area contributed by atoms with Gasteiger partial charge >= 0.3 is 0 Å². The first-order valence-corrected chi connectivity index (χ1v) is 4.03. The van der Waals surface area contributed by atoms with Crippen LogP contribution >= 0.6 is 0 Å². The van der Waals surface area contributed by atoms with Crippen LogP contribution in [-0.4, -0.2) is 13.1 Å². The van der Waals surface area contributed by atoms with E-state index in [9.17, 15) is 4.39 Å². The summed E-state index contributed by atoms with van der Waals surface area (Å²) in [5.41, 5.74) is 6.94. The van der Waals surface area contributed by atoms with E-state index in [4.69, 9.17) is 5.73 Å². The molecular weight excluding hydrogens is 155 g/mol. The predicted molar refractivity (Wildman–Crippen MR) is 46.4 cm³/mol. The van der Waals surface area contributed by atoms with E-state index in [1.807, 2.05) is 0 Å². The van der Waals surface area contributed by atoms with Gasteiger partial charge in [-0.3, -0.25) is 0 Å². The molecule has 1 aromatic rings. The average molecular weight is 166 g/mol. The number of nitrogens with two attached hydrogens (primary N) is 1. The van der Waals surface area contributed by atoms with Crippen LogP contribution in [0.15, 0.2) is 18.2 Å². The molecule has 0 bridgehead atoms. The smallest absolute Gasteiger partial charge is 0.126 e. The lowest BCUT2D eigenvalue weighted by Gasteiger charge is -2.27. The van der Waals surface area contributed by atoms with Crippen molar-refractivity contribution in [2.75, 3.05) is 18.8 Å². The van der Waals surface area contributed by atoms with Crippen molar-refractivity contribution in [1.29, 1.82) is 0 Å². The molecule has 0 unspecified atom stereocenters. The van der Waals surface area contributed by atoms with Gasteiger partial charge in [0.05, 0.1) is 0 Å². The van der Waals surface area contributed by atoms with E-state index in [-0.39, 0.29) is 5.82 Å². The highest BCUT2D eigenvalue weighted by Gasteiger charge is 2.21. The van der Waals surface area contributed by atoms with Crippen molar-refractivity contribution in [3.63, 3.8) is 0 Å². The number of nitrogen functional groups attached to an aromatic ring is 1. The Labute approximate surface area is 70.6 Å². The first-order chi connectivity index (χ1) is 5.77. The van der Waals surface area contributed by atoms with Gasteiger partial charge in [-0.1, -0.05) is 0 Å². The van der Waals surface area contributed by atoms with Crippen LogP contribution in [0.3, 0.4) is 0 Å². The fraction of sp³-hybridized carbons (Fsp3) is 0.333. The number of hydrogen-bond acceptors (Lipinski definition) is 2. The lowest BCUT2D eigenvalue weighted by Crippen LogP contribution is -2.40. The molecule has 1 aliphatic heterocycles. The van der Waals surface area contributed by atoms with E-state index in [0.717, 1.165) is 18.7 Å². The van der Waals surface area contributed by atoms with Gasteiger partial charge in [-0.05, 0) is 23.8 Å². The molecule has 12 heavy (non-hydrogen) atoms. The summed E-state index contributed by atoms with van der Waals surface area (Å²) in [6, 6.07) is 4.74. The standard InChI is InChI=1S/C9H11FN2/c10-9-2-1-7(11)3-8(9)6-4-12-5-6/h1-3,6,12H,4-5,11H2. The van der Waals surface area contributed by atoms with Crippen LogP contribution in [-0.2, 0) is 0 Å². The van der Waals surface area contributed by atoms with Crippen LogP contribution in [0.25, 0.3) is 0 Å². The second kappa shape index (κ2) is 2.75. The van der Waals surface area contributed by atoms with Gasteiger partial charge in [0.2, 0.25) is 0 Å². The molecule has 0 aliphatic carbocycles. The van der Waals surface area contributed by atoms with E-state index in [1.165, 1.54) is 6.07 Å². The number of hydrogen-bond donors (Lipinski definition) is 2. The molecule has 1 aromatic carbocycles. The maximum atomic E-state index is 13.2. The van der Waals surface area contributed by atoms with Gasteiger partial charge in [0.15, 0.2) is 0 Å². The van der Waals surface area contributed by atoms with Crippen molar-refractivity contribution < 1.29 is 4.39 Å². The van der Waals surface area contributed by atoms with Gasteiger partial charge in [-0.2, -0.15) is 0 Å². The van der Waals surface area contributed by atoms with E-state index in [0.29, 0.717) is 11.6 Å². The zero-order chi connectivity index (χ0) is 8.55. The number of rotatable bonds is 1. The molecule has 1 fully saturated rings. The van der Waals surface area contributed by atoms with Gasteiger partial charge in [0, 0.05) is 24.7 Å². The summed E-state index contributed by atoms with van der Waals surface area (Å²) < 4.78 is 13.2. The Morgan fingerprint density at radius 1 is 1.42 bits per heavy atom. The summed E-state index contributed by atoms with van der Waals surface area (Å²) in [6.45, 7) is 1.72. The molecule has 1 heterocycles. The first-order valence-electron chi connectivity index (χ1n) is 4.03. The van der Waals surface area contributed by atoms with Crippen LogP contribution < -0.4 is 11.1 Å². The minimum Gasteiger partial charge on any atom is -0.399 e. The van der Waals surface area contributed by atoms with E-state index >= 15 is 0 Å². The highest BCUT2D eigenvalue weighted by molar-refractivity contribution is 5.43. The third kappa shape index (κ3) is 1.16. The number of halogens is 1. The minimum absolute atomic E-state index is 0.143. The normalized spacial score (nSPS) is 17.4. The molecule has 1 saturated heterocycles. The van der Waals surface area contributed by atoms with Crippen LogP contribution in [0.5, 0.6) is 0 Å². The molecule has 0 spiro atoms. The van der Waals surface area contributed by atoms with Crippen molar-refractivity contribution in [2.45, 2.75) is 5.92 Å². The molecule has 2 nitrogen and oxygen atoms in total. The fourth-order valence-corrected chi connectivity index (χ4v) is 1.38. The molecule has 3 heteroatoms. The maximum absolute atomic E-state index is 13.2. The maximum Gasteiger partial charge on any atom is 0.126 e. The molecule has 0 aromatic heterocycles. The largest absolute Gasteiger partial charge is 0.399 e. The minimum atomic E-state index is -0.143. The van der Waals surface area contributed by atoms with Crippen molar-refractivity contribution in [2.24, 2.45) is 0 Å². The monoisotopic (exact) mass is 166 g/mol. The molecule has 0 atom stereocenters. The number of benzene rings is 1. The summed E-state index contributed by atoms with van der Waals surface area (Å²) in [5, 5.41) is 3.10. The van der Waals surface area contributed by atoms with Gasteiger partial charge in [-0.15, -0.1) is 0 Å². The summed E-state index contributed by atoms with van der Waals surface area (Å²) in [5.74, 6) is 0.171. The van der Waals surface area contributed by atoms with E-state index in [1.54, 1.807) is 12.1 Å². The van der Waals surface area contributed by atoms with Crippen molar-refractivity contribution in [3.05, 3.63) is 29.6 Å². The Hall–Kier alpha value is -1.09. The average Bonchev–Trinajstić information content (AvgIpc) is 1.93. The highest BCUT2D eigenvalue weighted by Crippen LogP contribution is 2.24. The Kier molecular flexibility index (Phi) is 1.73. The van der Waals surface area contributed by atoms with Crippen LogP contribution in [0, 0.1) is 5.82 Å². The molecule has 3 N–H and O–H groups in total. The molecular formula is C9H11FN2. The molecule has 0 amide bonds. The second-order valence-corrected chi connectivity index (χ2v) is 3.14. The number of anilines is 1. The SMILES string of the molecule is Nc1ccc(F)c(C2CNC2)c1.